The molecule has 0 saturated heterocycles. The van der Waals surface area contributed by atoms with Crippen molar-refractivity contribution in [3.63, 3.8) is 0 Å². The van der Waals surface area contributed by atoms with Crippen molar-refractivity contribution in [2.75, 3.05) is 20.7 Å². The second-order valence-electron chi connectivity index (χ2n) is 1.41. The van der Waals surface area contributed by atoms with Crippen LogP contribution in [0.5, 0.6) is 0 Å². The molecule has 0 atom stereocenters. The molecule has 0 spiro atoms. The fraction of sp³-hybridized carbons (Fsp3) is 1.00. The lowest BCUT2D eigenvalue weighted by Crippen LogP contribution is -2.01. The van der Waals surface area contributed by atoms with Gasteiger partial charge in [-0.25, -0.2) is 0 Å². The van der Waals surface area contributed by atoms with E-state index in [2.05, 4.69) is 26.1 Å². The van der Waals surface area contributed by atoms with Gasteiger partial charge in [0, 0.05) is 7.11 Å². The molecular formula is C7H21NO. The van der Waals surface area contributed by atoms with Gasteiger partial charge in [-0.15, -0.1) is 0 Å². The Morgan fingerprint density at radius 2 is 1.22 bits per heavy atom. The zero-order chi connectivity index (χ0) is 8.12. The summed E-state index contributed by atoms with van der Waals surface area (Å²) in [7, 11) is 2.93. The van der Waals surface area contributed by atoms with E-state index in [9.17, 15) is 0 Å². The molecule has 0 rings (SSSR count). The van der Waals surface area contributed by atoms with Crippen LogP contribution in [0, 0.1) is 0 Å². The van der Waals surface area contributed by atoms with Crippen LogP contribution in [0.4, 0.5) is 0 Å². The van der Waals surface area contributed by atoms with Crippen molar-refractivity contribution in [3.05, 3.63) is 0 Å². The Labute approximate surface area is 59.3 Å². The van der Waals surface area contributed by atoms with Gasteiger partial charge < -0.3 is 10.4 Å². The van der Waals surface area contributed by atoms with Gasteiger partial charge in [0.15, 0.2) is 0 Å². The Balaban J connectivity index is -0.0000000646. The molecule has 0 aromatic rings. The maximum Gasteiger partial charge on any atom is 0.0319 e. The number of aliphatic hydroxyl groups is 1. The number of hydrogen-bond donors (Lipinski definition) is 2. The van der Waals surface area contributed by atoms with Crippen molar-refractivity contribution >= 4 is 0 Å². The first-order chi connectivity index (χ1) is 4.33. The summed E-state index contributed by atoms with van der Waals surface area (Å²) in [5.41, 5.74) is 0. The highest BCUT2D eigenvalue weighted by molar-refractivity contribution is 4.15. The maximum atomic E-state index is 7.00. The minimum absolute atomic E-state index is 1.00. The Kier molecular flexibility index (Phi) is 78.9. The van der Waals surface area contributed by atoms with Crippen molar-refractivity contribution < 1.29 is 5.11 Å². The lowest BCUT2D eigenvalue weighted by Gasteiger charge is -1.76. The molecule has 0 aliphatic carbocycles. The van der Waals surface area contributed by atoms with E-state index in [-0.39, 0.29) is 0 Å². The summed E-state index contributed by atoms with van der Waals surface area (Å²) in [5, 5.41) is 9.93. The summed E-state index contributed by atoms with van der Waals surface area (Å²) in [6, 6.07) is 0. The molecule has 0 aromatic heterocycles. The second kappa shape index (κ2) is 44.5. The van der Waals surface area contributed by atoms with Crippen LogP contribution in [0.2, 0.25) is 0 Å². The summed E-state index contributed by atoms with van der Waals surface area (Å²) in [6.45, 7) is 7.39. The van der Waals surface area contributed by atoms with E-state index in [1.165, 1.54) is 6.42 Å². The molecule has 2 heteroatoms. The van der Waals surface area contributed by atoms with E-state index < -0.39 is 0 Å². The van der Waals surface area contributed by atoms with E-state index in [1.54, 1.807) is 0 Å². The molecule has 0 unspecified atom stereocenters. The minimum atomic E-state index is 1.00. The highest BCUT2D eigenvalue weighted by Crippen LogP contribution is 1.56. The van der Waals surface area contributed by atoms with Gasteiger partial charge in [0.1, 0.15) is 0 Å². The van der Waals surface area contributed by atoms with Crippen molar-refractivity contribution in [3.8, 4) is 0 Å². The lowest BCUT2D eigenvalue weighted by atomic mass is 10.6. The van der Waals surface area contributed by atoms with Gasteiger partial charge >= 0.3 is 0 Å². The van der Waals surface area contributed by atoms with Gasteiger partial charge in [-0.2, -0.15) is 0 Å². The fourth-order valence-electron chi connectivity index (χ4n) is 0. The monoisotopic (exact) mass is 135 g/mol. The van der Waals surface area contributed by atoms with Crippen LogP contribution < -0.4 is 5.32 Å². The molecule has 0 fully saturated rings. The van der Waals surface area contributed by atoms with E-state index in [0.29, 0.717) is 0 Å². The summed E-state index contributed by atoms with van der Waals surface area (Å²) in [4.78, 5) is 0. The fourth-order valence-corrected chi connectivity index (χ4v) is 0. The average molecular weight is 135 g/mol. The quantitative estimate of drug-likeness (QED) is 0.567. The van der Waals surface area contributed by atoms with E-state index in [0.717, 1.165) is 13.7 Å². The number of rotatable bonds is 1. The Bertz CT molecular complexity index is 16.4. The van der Waals surface area contributed by atoms with Crippen LogP contribution in [0.15, 0.2) is 0 Å². The standard InChI is InChI=1S/C3H9N.C3H8.CH4O/c1-3-4-2;1-3-2;1-2/h4H,3H2,1-2H3;3H2,1-2H3;2H,1H3. The van der Waals surface area contributed by atoms with Gasteiger partial charge in [-0.1, -0.05) is 27.2 Å². The zero-order valence-electron chi connectivity index (χ0n) is 7.36. The SMILES string of the molecule is CCC.CCNC.CO. The van der Waals surface area contributed by atoms with Crippen LogP contribution >= 0.6 is 0 Å². The Morgan fingerprint density at radius 1 is 1.11 bits per heavy atom. The smallest absolute Gasteiger partial charge is 0.0319 e. The topological polar surface area (TPSA) is 32.3 Å². The zero-order valence-corrected chi connectivity index (χ0v) is 7.36. The Morgan fingerprint density at radius 3 is 1.22 bits per heavy atom. The van der Waals surface area contributed by atoms with Crippen molar-refractivity contribution in [2.45, 2.75) is 27.2 Å². The normalized spacial score (nSPS) is 6.00. The molecule has 2 nitrogen and oxygen atoms in total. The molecule has 0 bridgehead atoms. The lowest BCUT2D eigenvalue weighted by molar-refractivity contribution is 0.399. The molecule has 60 valence electrons. The van der Waals surface area contributed by atoms with Crippen LogP contribution in [0.25, 0.3) is 0 Å². The van der Waals surface area contributed by atoms with Crippen molar-refractivity contribution in [1.29, 1.82) is 0 Å². The average Bonchev–Trinajstić information content (AvgIpc) is 1.94. The largest absolute Gasteiger partial charge is 0.400 e. The first-order valence-electron chi connectivity index (χ1n) is 3.42. The predicted molar refractivity (Wildman–Crippen MR) is 43.7 cm³/mol. The van der Waals surface area contributed by atoms with Crippen molar-refractivity contribution in [1.82, 2.24) is 5.32 Å². The maximum absolute atomic E-state index is 7.00. The highest BCUT2D eigenvalue weighted by atomic mass is 16.2. The van der Waals surface area contributed by atoms with E-state index >= 15 is 0 Å². The first-order valence-corrected chi connectivity index (χ1v) is 3.42. The third-order valence-electron chi connectivity index (χ3n) is 0.354. The van der Waals surface area contributed by atoms with Gasteiger partial charge in [0.2, 0.25) is 0 Å². The molecule has 0 amide bonds. The Hall–Kier alpha value is -0.0800. The summed E-state index contributed by atoms with van der Waals surface area (Å²) in [6.07, 6.45) is 1.25. The number of aliphatic hydroxyl groups excluding tert-OH is 1. The molecule has 0 aliphatic heterocycles. The molecule has 0 radical (unpaired) electrons. The van der Waals surface area contributed by atoms with E-state index in [4.69, 9.17) is 5.11 Å². The summed E-state index contributed by atoms with van der Waals surface area (Å²) < 4.78 is 0. The van der Waals surface area contributed by atoms with Gasteiger partial charge in [-0.05, 0) is 13.6 Å². The molecule has 2 N–H and O–H groups in total. The first kappa shape index (κ1) is 16.0. The third kappa shape index (κ3) is 328. The molecular weight excluding hydrogens is 114 g/mol. The van der Waals surface area contributed by atoms with E-state index in [1.807, 2.05) is 7.05 Å². The summed E-state index contributed by atoms with van der Waals surface area (Å²) >= 11 is 0. The molecule has 0 aliphatic rings. The van der Waals surface area contributed by atoms with Gasteiger partial charge in [-0.3, -0.25) is 0 Å². The van der Waals surface area contributed by atoms with Crippen molar-refractivity contribution in [2.24, 2.45) is 0 Å². The number of nitrogens with one attached hydrogen (secondary N) is 1. The molecule has 0 aromatic carbocycles. The van der Waals surface area contributed by atoms with Gasteiger partial charge in [0.05, 0.1) is 0 Å². The predicted octanol–water partition coefficient (Wildman–Crippen LogP) is 1.25. The molecule has 0 heterocycles. The minimum Gasteiger partial charge on any atom is -0.400 e. The highest BCUT2D eigenvalue weighted by Gasteiger charge is 1.50. The van der Waals surface area contributed by atoms with Gasteiger partial charge in [0.25, 0.3) is 0 Å². The molecule has 0 saturated carbocycles. The third-order valence-corrected chi connectivity index (χ3v) is 0.354. The number of hydrogen-bond acceptors (Lipinski definition) is 2. The second-order valence-corrected chi connectivity index (χ2v) is 1.41. The van der Waals surface area contributed by atoms with Crippen LogP contribution in [0.3, 0.4) is 0 Å². The summed E-state index contributed by atoms with van der Waals surface area (Å²) in [5.74, 6) is 0. The van der Waals surface area contributed by atoms with Crippen LogP contribution in [0.1, 0.15) is 27.2 Å². The van der Waals surface area contributed by atoms with Crippen LogP contribution in [-0.4, -0.2) is 25.8 Å². The molecule has 9 heavy (non-hydrogen) atoms. The van der Waals surface area contributed by atoms with Crippen LogP contribution in [-0.2, 0) is 0 Å².